The minimum Gasteiger partial charge on any atom is -0.508 e. The van der Waals surface area contributed by atoms with Gasteiger partial charge >= 0.3 is 0 Å². The quantitative estimate of drug-likeness (QED) is 0.678. The van der Waals surface area contributed by atoms with E-state index < -0.39 is 0 Å². The molecule has 0 fully saturated rings. The lowest BCUT2D eigenvalue weighted by molar-refractivity contribution is 0.468. The van der Waals surface area contributed by atoms with Crippen molar-refractivity contribution in [2.75, 3.05) is 0 Å². The highest BCUT2D eigenvalue weighted by molar-refractivity contribution is 5.94. The fraction of sp³-hybridized carbons (Fsp3) is 0.0909. The van der Waals surface area contributed by atoms with E-state index in [9.17, 15) is 10.2 Å². The highest BCUT2D eigenvalue weighted by Crippen LogP contribution is 2.38. The van der Waals surface area contributed by atoms with Crippen LogP contribution in [0.2, 0.25) is 0 Å². The van der Waals surface area contributed by atoms with E-state index >= 15 is 0 Å². The van der Waals surface area contributed by atoms with Crippen molar-refractivity contribution < 1.29 is 10.2 Å². The first-order valence-electron chi connectivity index (χ1n) is 8.12. The molecule has 0 aromatic heterocycles. The van der Waals surface area contributed by atoms with Crippen LogP contribution < -0.4 is 0 Å². The predicted molar refractivity (Wildman–Crippen MR) is 97.0 cm³/mol. The van der Waals surface area contributed by atoms with Crippen LogP contribution in [0.25, 0.3) is 11.6 Å². The lowest BCUT2D eigenvalue weighted by atomic mass is 9.92. The summed E-state index contributed by atoms with van der Waals surface area (Å²) in [6, 6.07) is 21.3. The van der Waals surface area contributed by atoms with Crippen molar-refractivity contribution in [3.63, 3.8) is 0 Å². The van der Waals surface area contributed by atoms with Crippen LogP contribution in [-0.2, 0) is 12.8 Å². The average Bonchev–Trinajstić information content (AvgIpc) is 2.74. The van der Waals surface area contributed by atoms with Crippen LogP contribution in [-0.4, -0.2) is 10.2 Å². The summed E-state index contributed by atoms with van der Waals surface area (Å²) in [5, 5.41) is 20.1. The largest absolute Gasteiger partial charge is 0.508 e. The Bertz CT molecular complexity index is 938. The second-order valence-electron chi connectivity index (χ2n) is 6.11. The van der Waals surface area contributed by atoms with Gasteiger partial charge in [0.05, 0.1) is 0 Å². The van der Waals surface area contributed by atoms with E-state index in [4.69, 9.17) is 0 Å². The third-order valence-corrected chi connectivity index (χ3v) is 4.57. The number of fused-ring (bicyclic) bond motifs is 2. The minimum atomic E-state index is 0.252. The van der Waals surface area contributed by atoms with Gasteiger partial charge in [-0.2, -0.15) is 0 Å². The maximum atomic E-state index is 10.3. The van der Waals surface area contributed by atoms with Gasteiger partial charge in [0.2, 0.25) is 0 Å². The molecule has 0 saturated carbocycles. The third-order valence-electron chi connectivity index (χ3n) is 4.57. The van der Waals surface area contributed by atoms with Crippen LogP contribution in [0.3, 0.4) is 0 Å². The summed E-state index contributed by atoms with van der Waals surface area (Å²) in [7, 11) is 0. The fourth-order valence-corrected chi connectivity index (χ4v) is 3.43. The zero-order chi connectivity index (χ0) is 16.5. The van der Waals surface area contributed by atoms with Gasteiger partial charge in [-0.05, 0) is 64.9 Å². The van der Waals surface area contributed by atoms with Crippen molar-refractivity contribution in [2.24, 2.45) is 0 Å². The van der Waals surface area contributed by atoms with Gasteiger partial charge < -0.3 is 10.2 Å². The van der Waals surface area contributed by atoms with Crippen molar-refractivity contribution in [2.45, 2.75) is 12.8 Å². The summed E-state index contributed by atoms with van der Waals surface area (Å²) in [4.78, 5) is 0. The molecule has 118 valence electrons. The van der Waals surface area contributed by atoms with Crippen molar-refractivity contribution in [3.05, 3.63) is 94.5 Å². The lowest BCUT2D eigenvalue weighted by Gasteiger charge is -2.13. The fourth-order valence-electron chi connectivity index (χ4n) is 3.43. The van der Waals surface area contributed by atoms with E-state index in [1.165, 1.54) is 11.1 Å². The Morgan fingerprint density at radius 2 is 1.54 bits per heavy atom. The maximum Gasteiger partial charge on any atom is 0.119 e. The molecule has 0 bridgehead atoms. The van der Waals surface area contributed by atoms with Gasteiger partial charge in [0.1, 0.15) is 11.5 Å². The molecule has 2 nitrogen and oxygen atoms in total. The second-order valence-corrected chi connectivity index (χ2v) is 6.11. The second kappa shape index (κ2) is 5.89. The van der Waals surface area contributed by atoms with Gasteiger partial charge in [0, 0.05) is 5.56 Å². The Morgan fingerprint density at radius 1 is 0.750 bits per heavy atom. The molecule has 0 amide bonds. The average molecular weight is 314 g/mol. The highest BCUT2D eigenvalue weighted by atomic mass is 16.3. The van der Waals surface area contributed by atoms with Crippen molar-refractivity contribution in [1.82, 2.24) is 0 Å². The topological polar surface area (TPSA) is 40.5 Å². The van der Waals surface area contributed by atoms with Crippen molar-refractivity contribution in [3.8, 4) is 11.5 Å². The molecule has 24 heavy (non-hydrogen) atoms. The van der Waals surface area contributed by atoms with Crippen LogP contribution in [0, 0.1) is 0 Å². The summed E-state index contributed by atoms with van der Waals surface area (Å²) < 4.78 is 0. The molecule has 0 atom stereocenters. The number of benzene rings is 3. The highest BCUT2D eigenvalue weighted by Gasteiger charge is 2.19. The van der Waals surface area contributed by atoms with Gasteiger partial charge in [0.15, 0.2) is 0 Å². The van der Waals surface area contributed by atoms with Gasteiger partial charge in [-0.1, -0.05) is 48.5 Å². The molecule has 0 aliphatic heterocycles. The zero-order valence-electron chi connectivity index (χ0n) is 13.2. The number of phenols is 2. The molecule has 0 spiro atoms. The van der Waals surface area contributed by atoms with Crippen LogP contribution in [0.5, 0.6) is 11.5 Å². The number of hydrogen-bond donors (Lipinski definition) is 2. The van der Waals surface area contributed by atoms with Gasteiger partial charge in [-0.3, -0.25) is 0 Å². The number of aryl methyl sites for hydroxylation is 1. The smallest absolute Gasteiger partial charge is 0.119 e. The maximum absolute atomic E-state index is 10.3. The molecule has 0 saturated heterocycles. The van der Waals surface area contributed by atoms with Crippen molar-refractivity contribution >= 4 is 11.6 Å². The molecule has 3 aromatic carbocycles. The molecule has 0 unspecified atom stereocenters. The Balaban J connectivity index is 1.99. The number of aromatic hydroxyl groups is 2. The Morgan fingerprint density at radius 3 is 2.42 bits per heavy atom. The minimum absolute atomic E-state index is 0.252. The molecule has 0 radical (unpaired) electrons. The number of rotatable bonds is 1. The van der Waals surface area contributed by atoms with Crippen molar-refractivity contribution in [1.29, 1.82) is 0 Å². The molecular formula is C22H18O2. The van der Waals surface area contributed by atoms with Gasteiger partial charge in [-0.15, -0.1) is 0 Å². The first kappa shape index (κ1) is 14.6. The Labute approximate surface area is 141 Å². The Hall–Kier alpha value is -3.00. The molecule has 3 aromatic rings. The number of hydrogen-bond acceptors (Lipinski definition) is 2. The molecule has 1 aliphatic carbocycles. The summed E-state index contributed by atoms with van der Waals surface area (Å²) in [5.74, 6) is 0.601. The van der Waals surface area contributed by atoms with Crippen LogP contribution in [0.15, 0.2) is 66.7 Å². The van der Waals surface area contributed by atoms with Gasteiger partial charge in [0.25, 0.3) is 0 Å². The number of phenolic OH excluding ortho intramolecular Hbond substituents is 2. The van der Waals surface area contributed by atoms with E-state index in [1.807, 2.05) is 24.3 Å². The van der Waals surface area contributed by atoms with E-state index in [1.54, 1.807) is 18.2 Å². The predicted octanol–water partition coefficient (Wildman–Crippen LogP) is 4.79. The molecule has 0 heterocycles. The molecular weight excluding hydrogens is 296 g/mol. The normalized spacial score (nSPS) is 14.8. The molecule has 1 aliphatic rings. The summed E-state index contributed by atoms with van der Waals surface area (Å²) in [6.07, 6.45) is 3.80. The first-order chi connectivity index (χ1) is 11.7. The standard InChI is InChI=1S/C22H18O2/c23-17-7-3-5-15(13-17)14-21-18-8-2-1-6-16(18)11-12-20-19(21)9-4-10-22(20)24/h1-10,13-14,23-24H,11-12H2/b21-14-. The van der Waals surface area contributed by atoms with E-state index in [2.05, 4.69) is 30.3 Å². The molecule has 2 heteroatoms. The van der Waals surface area contributed by atoms with E-state index in [-0.39, 0.29) is 5.75 Å². The zero-order valence-corrected chi connectivity index (χ0v) is 13.2. The summed E-state index contributed by atoms with van der Waals surface area (Å²) in [5.41, 5.74) is 6.53. The van der Waals surface area contributed by atoms with Crippen LogP contribution in [0.4, 0.5) is 0 Å². The SMILES string of the molecule is Oc1cccc(/C=C2/c3ccccc3CCc3c(O)cccc32)c1. The Kier molecular flexibility index (Phi) is 3.58. The van der Waals surface area contributed by atoms with E-state index in [0.717, 1.165) is 35.1 Å². The third kappa shape index (κ3) is 2.56. The summed E-state index contributed by atoms with van der Waals surface area (Å²) >= 11 is 0. The van der Waals surface area contributed by atoms with Gasteiger partial charge in [-0.25, -0.2) is 0 Å². The first-order valence-corrected chi connectivity index (χ1v) is 8.12. The summed E-state index contributed by atoms with van der Waals surface area (Å²) in [6.45, 7) is 0. The van der Waals surface area contributed by atoms with Crippen LogP contribution in [0.1, 0.15) is 27.8 Å². The lowest BCUT2D eigenvalue weighted by Crippen LogP contribution is -1.93. The van der Waals surface area contributed by atoms with Crippen LogP contribution >= 0.6 is 0 Å². The van der Waals surface area contributed by atoms with E-state index in [0.29, 0.717) is 5.75 Å². The molecule has 2 N–H and O–H groups in total. The monoisotopic (exact) mass is 314 g/mol. The molecule has 4 rings (SSSR count).